The summed E-state index contributed by atoms with van der Waals surface area (Å²) >= 11 is 0. The highest BCUT2D eigenvalue weighted by Crippen LogP contribution is 2.42. The van der Waals surface area contributed by atoms with Gasteiger partial charge in [0, 0.05) is 25.8 Å². The lowest BCUT2D eigenvalue weighted by atomic mass is 9.93. The average molecular weight is 456 g/mol. The van der Waals surface area contributed by atoms with Gasteiger partial charge in [-0.2, -0.15) is 0 Å². The van der Waals surface area contributed by atoms with Gasteiger partial charge < -0.3 is 29.0 Å². The summed E-state index contributed by atoms with van der Waals surface area (Å²) in [5, 5.41) is 11.3. The van der Waals surface area contributed by atoms with Crippen LogP contribution in [0.3, 0.4) is 0 Å². The van der Waals surface area contributed by atoms with Gasteiger partial charge in [0.15, 0.2) is 11.5 Å². The van der Waals surface area contributed by atoms with Gasteiger partial charge in [-0.3, -0.25) is 9.59 Å². The van der Waals surface area contributed by atoms with Gasteiger partial charge in [0.1, 0.15) is 11.5 Å². The lowest BCUT2D eigenvalue weighted by molar-refractivity contribution is -0.140. The predicted molar refractivity (Wildman–Crippen MR) is 123 cm³/mol. The summed E-state index contributed by atoms with van der Waals surface area (Å²) in [5.74, 6) is -0.0387. The van der Waals surface area contributed by atoms with E-state index in [1.54, 1.807) is 57.5 Å². The lowest BCUT2D eigenvalue weighted by Crippen LogP contribution is -2.31. The van der Waals surface area contributed by atoms with Crippen LogP contribution in [0.15, 0.2) is 42.0 Å². The summed E-state index contributed by atoms with van der Waals surface area (Å²) < 4.78 is 21.1. The Kier molecular flexibility index (Phi) is 7.60. The fourth-order valence-electron chi connectivity index (χ4n) is 4.03. The van der Waals surface area contributed by atoms with Crippen LogP contribution < -0.4 is 14.2 Å². The predicted octanol–water partition coefficient (Wildman–Crippen LogP) is 3.48. The number of ether oxygens (including phenoxy) is 4. The van der Waals surface area contributed by atoms with Crippen molar-refractivity contribution in [3.05, 3.63) is 58.7 Å². The van der Waals surface area contributed by atoms with Crippen molar-refractivity contribution >= 4 is 17.4 Å². The van der Waals surface area contributed by atoms with E-state index in [0.29, 0.717) is 47.0 Å². The zero-order valence-electron chi connectivity index (χ0n) is 19.5. The molecule has 1 atom stereocenters. The Balaban J connectivity index is 2.18. The number of rotatable bonds is 9. The molecule has 8 heteroatoms. The molecule has 0 spiro atoms. The standard InChI is InChI=1S/C25H29NO7/c1-15-13-17(31-3)8-9-18(15)23(27)21-22(16-7-10-19(32-4)20(14-16)33-5)26(11-6-12-30-2)25(29)24(21)28/h7-10,13-14,22,27H,6,11-12H2,1-5H3/t22-/m0/s1. The molecule has 1 fully saturated rings. The van der Waals surface area contributed by atoms with Crippen LogP contribution in [0.4, 0.5) is 0 Å². The van der Waals surface area contributed by atoms with Crippen molar-refractivity contribution in [3.63, 3.8) is 0 Å². The third-order valence-electron chi connectivity index (χ3n) is 5.70. The number of carbonyl (C=O) groups is 2. The van der Waals surface area contributed by atoms with Crippen molar-refractivity contribution in [2.75, 3.05) is 41.6 Å². The molecule has 3 rings (SSSR count). The molecule has 1 aliphatic heterocycles. The van der Waals surface area contributed by atoms with Crippen LogP contribution in [0.25, 0.3) is 5.76 Å². The summed E-state index contributed by atoms with van der Waals surface area (Å²) in [6, 6.07) is 9.53. The molecule has 33 heavy (non-hydrogen) atoms. The summed E-state index contributed by atoms with van der Waals surface area (Å²) in [6.45, 7) is 2.52. The van der Waals surface area contributed by atoms with E-state index >= 15 is 0 Å². The molecule has 1 heterocycles. The minimum atomic E-state index is -0.789. The number of ketones is 1. The highest BCUT2D eigenvalue weighted by Gasteiger charge is 2.46. The third-order valence-corrected chi connectivity index (χ3v) is 5.70. The second kappa shape index (κ2) is 10.4. The summed E-state index contributed by atoms with van der Waals surface area (Å²) in [6.07, 6.45) is 0.537. The third kappa shape index (κ3) is 4.66. The van der Waals surface area contributed by atoms with Gasteiger partial charge in [-0.15, -0.1) is 0 Å². The Bertz CT molecular complexity index is 1080. The molecular weight excluding hydrogens is 426 g/mol. The Morgan fingerprint density at radius 3 is 2.30 bits per heavy atom. The van der Waals surface area contributed by atoms with Gasteiger partial charge in [-0.1, -0.05) is 6.07 Å². The second-order valence-corrected chi connectivity index (χ2v) is 7.63. The molecular formula is C25H29NO7. The fourth-order valence-corrected chi connectivity index (χ4v) is 4.03. The number of methoxy groups -OCH3 is 4. The van der Waals surface area contributed by atoms with E-state index in [4.69, 9.17) is 18.9 Å². The largest absolute Gasteiger partial charge is 0.507 e. The van der Waals surface area contributed by atoms with Gasteiger partial charge in [0.2, 0.25) is 0 Å². The minimum absolute atomic E-state index is 0.0258. The maximum absolute atomic E-state index is 13.1. The van der Waals surface area contributed by atoms with Crippen molar-refractivity contribution in [2.45, 2.75) is 19.4 Å². The van der Waals surface area contributed by atoms with Gasteiger partial charge >= 0.3 is 0 Å². The fraction of sp³-hybridized carbons (Fsp3) is 0.360. The number of aliphatic hydroxyl groups is 1. The Morgan fingerprint density at radius 1 is 0.970 bits per heavy atom. The molecule has 0 bridgehead atoms. The number of nitrogens with zero attached hydrogens (tertiary/aromatic N) is 1. The summed E-state index contributed by atoms with van der Waals surface area (Å²) in [4.78, 5) is 27.6. The molecule has 0 radical (unpaired) electrons. The van der Waals surface area contributed by atoms with Gasteiger partial charge in [-0.25, -0.2) is 0 Å². The highest BCUT2D eigenvalue weighted by molar-refractivity contribution is 6.46. The smallest absolute Gasteiger partial charge is 0.295 e. The molecule has 2 aromatic rings. The van der Waals surface area contributed by atoms with E-state index in [1.807, 2.05) is 0 Å². The van der Waals surface area contributed by atoms with Crippen LogP contribution in [-0.4, -0.2) is 63.3 Å². The maximum atomic E-state index is 13.1. The zero-order valence-corrected chi connectivity index (χ0v) is 19.5. The van der Waals surface area contributed by atoms with E-state index < -0.39 is 17.7 Å². The zero-order chi connectivity index (χ0) is 24.1. The second-order valence-electron chi connectivity index (χ2n) is 7.63. The molecule has 0 aromatic heterocycles. The number of Topliss-reactive ketones (excluding diaryl/α,β-unsaturated/α-hetero) is 1. The van der Waals surface area contributed by atoms with E-state index in [1.165, 1.54) is 19.1 Å². The highest BCUT2D eigenvalue weighted by atomic mass is 16.5. The first-order valence-electron chi connectivity index (χ1n) is 10.5. The van der Waals surface area contributed by atoms with Crippen molar-refractivity contribution in [1.82, 2.24) is 4.90 Å². The van der Waals surface area contributed by atoms with Crippen LogP contribution in [0.1, 0.15) is 29.2 Å². The SMILES string of the molecule is COCCCN1C(=O)C(=O)C(=C(O)c2ccc(OC)cc2C)[C@@H]1c1ccc(OC)c(OC)c1. The molecule has 8 nitrogen and oxygen atoms in total. The maximum Gasteiger partial charge on any atom is 0.295 e. The first-order chi connectivity index (χ1) is 15.9. The normalized spacial score (nSPS) is 17.4. The number of carbonyl (C=O) groups excluding carboxylic acids is 2. The number of benzene rings is 2. The van der Waals surface area contributed by atoms with Crippen LogP contribution in [0, 0.1) is 6.92 Å². The van der Waals surface area contributed by atoms with Crippen molar-refractivity contribution in [1.29, 1.82) is 0 Å². The van der Waals surface area contributed by atoms with Gasteiger partial charge in [0.25, 0.3) is 11.7 Å². The molecule has 0 unspecified atom stereocenters. The lowest BCUT2D eigenvalue weighted by Gasteiger charge is -2.26. The molecule has 0 aliphatic carbocycles. The average Bonchev–Trinajstić information content (AvgIpc) is 3.08. The van der Waals surface area contributed by atoms with Crippen molar-refractivity contribution in [2.24, 2.45) is 0 Å². The van der Waals surface area contributed by atoms with Crippen LogP contribution in [-0.2, 0) is 14.3 Å². The topological polar surface area (TPSA) is 94.5 Å². The van der Waals surface area contributed by atoms with Crippen molar-refractivity contribution in [3.8, 4) is 17.2 Å². The minimum Gasteiger partial charge on any atom is -0.507 e. The van der Waals surface area contributed by atoms with Gasteiger partial charge in [-0.05, 0) is 54.8 Å². The summed E-state index contributed by atoms with van der Waals surface area (Å²) in [7, 11) is 6.17. The number of likely N-dealkylation sites (tertiary alicyclic amines) is 1. The number of aliphatic hydroxyl groups excluding tert-OH is 1. The Morgan fingerprint density at radius 2 is 1.70 bits per heavy atom. The molecule has 1 amide bonds. The first-order valence-corrected chi connectivity index (χ1v) is 10.5. The van der Waals surface area contributed by atoms with Crippen LogP contribution >= 0.6 is 0 Å². The molecule has 176 valence electrons. The molecule has 1 saturated heterocycles. The molecule has 1 N–H and O–H groups in total. The molecule has 0 saturated carbocycles. The Hall–Kier alpha value is -3.52. The van der Waals surface area contributed by atoms with Crippen LogP contribution in [0.2, 0.25) is 0 Å². The van der Waals surface area contributed by atoms with Crippen molar-refractivity contribution < 1.29 is 33.6 Å². The number of hydrogen-bond acceptors (Lipinski definition) is 7. The van der Waals surface area contributed by atoms with Crippen LogP contribution in [0.5, 0.6) is 17.2 Å². The number of hydrogen-bond donors (Lipinski definition) is 1. The Labute approximate surface area is 193 Å². The van der Waals surface area contributed by atoms with E-state index in [0.717, 1.165) is 0 Å². The first kappa shape index (κ1) is 24.1. The molecule has 2 aromatic carbocycles. The monoisotopic (exact) mass is 455 g/mol. The van der Waals surface area contributed by atoms with E-state index in [2.05, 4.69) is 0 Å². The number of amides is 1. The van der Waals surface area contributed by atoms with E-state index in [9.17, 15) is 14.7 Å². The van der Waals surface area contributed by atoms with E-state index in [-0.39, 0.29) is 17.9 Å². The molecule has 1 aliphatic rings. The number of aryl methyl sites for hydroxylation is 1. The summed E-state index contributed by atoms with van der Waals surface area (Å²) in [5.41, 5.74) is 1.81. The van der Waals surface area contributed by atoms with Gasteiger partial charge in [0.05, 0.1) is 32.9 Å². The quantitative estimate of drug-likeness (QED) is 0.268.